The number of likely N-dealkylation sites (tertiary alicyclic amines) is 1. The number of carbonyl (C=O) groups excluding carboxylic acids is 2. The van der Waals surface area contributed by atoms with E-state index in [4.69, 9.17) is 18.9 Å². The molecule has 2 atom stereocenters. The van der Waals surface area contributed by atoms with E-state index in [2.05, 4.69) is 9.69 Å². The van der Waals surface area contributed by atoms with Gasteiger partial charge in [-0.05, 0) is 35.3 Å². The van der Waals surface area contributed by atoms with E-state index in [-0.39, 0.29) is 43.3 Å². The van der Waals surface area contributed by atoms with Crippen molar-refractivity contribution >= 4 is 23.3 Å². The fraction of sp³-hybridized carbons (Fsp3) is 0.450. The number of hydrogen-bond donors (Lipinski definition) is 1. The first-order valence-electron chi connectivity index (χ1n) is 9.77. The van der Waals surface area contributed by atoms with Crippen molar-refractivity contribution in [1.82, 2.24) is 14.6 Å². The molecule has 4 heterocycles. The van der Waals surface area contributed by atoms with Gasteiger partial charge in [0.2, 0.25) is 12.7 Å². The summed E-state index contributed by atoms with van der Waals surface area (Å²) in [7, 11) is 0. The molecule has 1 aromatic heterocycles. The SMILES string of the molecule is O=C(NC1CO[C@H]2CN(C(=O)Cc3ccc4c(c3)OCO4)C[C@@H]2OC1)c1ccns1. The highest BCUT2D eigenvalue weighted by atomic mass is 32.1. The van der Waals surface area contributed by atoms with Gasteiger partial charge in [0.1, 0.15) is 17.1 Å². The van der Waals surface area contributed by atoms with Crippen molar-refractivity contribution in [1.29, 1.82) is 0 Å². The number of amides is 2. The van der Waals surface area contributed by atoms with E-state index in [1.54, 1.807) is 17.2 Å². The summed E-state index contributed by atoms with van der Waals surface area (Å²) in [4.78, 5) is 27.3. The molecule has 2 aromatic rings. The van der Waals surface area contributed by atoms with Crippen LogP contribution in [0.3, 0.4) is 0 Å². The number of nitrogens with one attached hydrogen (secondary N) is 1. The smallest absolute Gasteiger partial charge is 0.263 e. The quantitative estimate of drug-likeness (QED) is 0.766. The number of fused-ring (bicyclic) bond motifs is 2. The summed E-state index contributed by atoms with van der Waals surface area (Å²) in [5.74, 6) is 1.21. The molecule has 0 saturated carbocycles. The third-order valence-corrected chi connectivity index (χ3v) is 6.13. The molecule has 10 heteroatoms. The zero-order chi connectivity index (χ0) is 20.5. The van der Waals surface area contributed by atoms with E-state index in [0.29, 0.717) is 42.7 Å². The van der Waals surface area contributed by atoms with E-state index in [0.717, 1.165) is 17.1 Å². The van der Waals surface area contributed by atoms with Crippen molar-refractivity contribution in [2.45, 2.75) is 24.7 Å². The van der Waals surface area contributed by atoms with Crippen LogP contribution in [0.1, 0.15) is 15.2 Å². The highest BCUT2D eigenvalue weighted by Gasteiger charge is 2.39. The van der Waals surface area contributed by atoms with Gasteiger partial charge in [0.25, 0.3) is 5.91 Å². The zero-order valence-corrected chi connectivity index (χ0v) is 16.9. The van der Waals surface area contributed by atoms with Crippen LogP contribution in [0.25, 0.3) is 0 Å². The van der Waals surface area contributed by atoms with Gasteiger partial charge >= 0.3 is 0 Å². The molecule has 2 fully saturated rings. The van der Waals surface area contributed by atoms with Crippen molar-refractivity contribution in [2.75, 3.05) is 33.1 Å². The molecule has 5 rings (SSSR count). The van der Waals surface area contributed by atoms with Gasteiger partial charge in [-0.25, -0.2) is 4.37 Å². The molecule has 3 aliphatic rings. The molecule has 2 amide bonds. The van der Waals surface area contributed by atoms with Gasteiger partial charge in [0.15, 0.2) is 11.5 Å². The molecule has 0 radical (unpaired) electrons. The van der Waals surface area contributed by atoms with Crippen molar-refractivity contribution in [3.63, 3.8) is 0 Å². The Hall–Kier alpha value is -2.69. The van der Waals surface area contributed by atoms with Gasteiger partial charge < -0.3 is 29.2 Å². The highest BCUT2D eigenvalue weighted by molar-refractivity contribution is 7.08. The Morgan fingerprint density at radius 2 is 1.87 bits per heavy atom. The van der Waals surface area contributed by atoms with Crippen LogP contribution in [0.5, 0.6) is 11.5 Å². The Labute approximate surface area is 177 Å². The predicted molar refractivity (Wildman–Crippen MR) is 106 cm³/mol. The average Bonchev–Trinajstić information content (AvgIpc) is 3.48. The lowest BCUT2D eigenvalue weighted by atomic mass is 10.1. The molecule has 1 aromatic carbocycles. The standard InChI is InChI=1S/C20H21N3O6S/c24-19(6-12-1-2-14-15(5-12)29-11-28-14)23-7-16-17(8-23)27-10-13(9-26-16)22-20(25)18-3-4-21-30-18/h1-5,13,16-17H,6-11H2,(H,22,25)/t16-,17-/m0/s1. The number of rotatable bonds is 4. The Balaban J connectivity index is 1.14. The van der Waals surface area contributed by atoms with Crippen LogP contribution in [0.2, 0.25) is 0 Å². The molecular formula is C20H21N3O6S. The van der Waals surface area contributed by atoms with Crippen molar-refractivity contribution in [3.05, 3.63) is 40.9 Å². The first-order valence-corrected chi connectivity index (χ1v) is 10.5. The topological polar surface area (TPSA) is 99.2 Å². The number of aromatic nitrogens is 1. The van der Waals surface area contributed by atoms with Crippen LogP contribution in [-0.2, 0) is 20.7 Å². The van der Waals surface area contributed by atoms with Crippen molar-refractivity contribution in [3.8, 4) is 11.5 Å². The second-order valence-electron chi connectivity index (χ2n) is 7.45. The monoisotopic (exact) mass is 431 g/mol. The lowest BCUT2D eigenvalue weighted by molar-refractivity contribution is -0.130. The molecule has 158 valence electrons. The molecule has 30 heavy (non-hydrogen) atoms. The second kappa shape index (κ2) is 8.21. The van der Waals surface area contributed by atoms with E-state index < -0.39 is 0 Å². The maximum atomic E-state index is 12.8. The molecule has 0 aliphatic carbocycles. The van der Waals surface area contributed by atoms with Gasteiger partial charge in [-0.15, -0.1) is 0 Å². The Morgan fingerprint density at radius 3 is 2.60 bits per heavy atom. The Bertz CT molecular complexity index is 921. The van der Waals surface area contributed by atoms with Gasteiger partial charge in [-0.1, -0.05) is 6.07 Å². The summed E-state index contributed by atoms with van der Waals surface area (Å²) >= 11 is 1.15. The Morgan fingerprint density at radius 1 is 1.10 bits per heavy atom. The molecule has 0 unspecified atom stereocenters. The summed E-state index contributed by atoms with van der Waals surface area (Å²) in [5, 5.41) is 2.92. The minimum absolute atomic E-state index is 0.0178. The number of carbonyl (C=O) groups is 2. The van der Waals surface area contributed by atoms with Crippen molar-refractivity contribution < 1.29 is 28.5 Å². The summed E-state index contributed by atoms with van der Waals surface area (Å²) in [5.41, 5.74) is 0.879. The molecule has 0 spiro atoms. The fourth-order valence-electron chi connectivity index (χ4n) is 3.81. The van der Waals surface area contributed by atoms with Gasteiger partial charge in [-0.2, -0.15) is 0 Å². The van der Waals surface area contributed by atoms with E-state index >= 15 is 0 Å². The third kappa shape index (κ3) is 3.98. The highest BCUT2D eigenvalue weighted by Crippen LogP contribution is 2.33. The maximum absolute atomic E-state index is 12.8. The van der Waals surface area contributed by atoms with Crippen LogP contribution in [0.15, 0.2) is 30.5 Å². The molecule has 9 nitrogen and oxygen atoms in total. The number of ether oxygens (including phenoxy) is 4. The number of benzene rings is 1. The largest absolute Gasteiger partial charge is 0.454 e. The lowest BCUT2D eigenvalue weighted by Gasteiger charge is -2.19. The third-order valence-electron chi connectivity index (χ3n) is 5.38. The number of hydrogen-bond acceptors (Lipinski definition) is 8. The minimum atomic E-state index is -0.233. The zero-order valence-electron chi connectivity index (χ0n) is 16.1. The molecule has 3 aliphatic heterocycles. The summed E-state index contributed by atoms with van der Waals surface area (Å²) < 4.78 is 26.6. The van der Waals surface area contributed by atoms with Gasteiger partial charge in [0.05, 0.1) is 25.7 Å². The van der Waals surface area contributed by atoms with Crippen molar-refractivity contribution in [2.24, 2.45) is 0 Å². The van der Waals surface area contributed by atoms with E-state index in [1.807, 2.05) is 18.2 Å². The minimum Gasteiger partial charge on any atom is -0.454 e. The molecule has 1 N–H and O–H groups in total. The van der Waals surface area contributed by atoms with Gasteiger partial charge in [-0.3, -0.25) is 9.59 Å². The Kier molecular flexibility index (Phi) is 5.28. The average molecular weight is 431 g/mol. The molecule has 2 saturated heterocycles. The lowest BCUT2D eigenvalue weighted by Crippen LogP contribution is -2.41. The summed E-state index contributed by atoms with van der Waals surface area (Å²) in [6.45, 7) is 1.85. The fourth-order valence-corrected chi connectivity index (χ4v) is 4.30. The van der Waals surface area contributed by atoms with Crippen LogP contribution in [0, 0.1) is 0 Å². The summed E-state index contributed by atoms with van der Waals surface area (Å²) in [6.07, 6.45) is 1.48. The molecular weight excluding hydrogens is 410 g/mol. The molecule has 0 bridgehead atoms. The van der Waals surface area contributed by atoms with E-state index in [1.165, 1.54) is 0 Å². The van der Waals surface area contributed by atoms with Gasteiger partial charge in [0, 0.05) is 19.3 Å². The normalized spacial score (nSPS) is 23.1. The van der Waals surface area contributed by atoms with Crippen LogP contribution < -0.4 is 14.8 Å². The van der Waals surface area contributed by atoms with Crippen LogP contribution >= 0.6 is 11.5 Å². The first-order chi connectivity index (χ1) is 14.7. The second-order valence-corrected chi connectivity index (χ2v) is 8.29. The first kappa shape index (κ1) is 19.3. The maximum Gasteiger partial charge on any atom is 0.263 e. The predicted octanol–water partition coefficient (Wildman–Crippen LogP) is 0.839. The summed E-state index contributed by atoms with van der Waals surface area (Å²) in [6, 6.07) is 6.99. The number of nitrogens with zero attached hydrogens (tertiary/aromatic N) is 2. The van der Waals surface area contributed by atoms with Crippen LogP contribution in [-0.4, -0.2) is 72.4 Å². The van der Waals surface area contributed by atoms with E-state index in [9.17, 15) is 9.59 Å². The van der Waals surface area contributed by atoms with Crippen LogP contribution in [0.4, 0.5) is 0 Å².